The Hall–Kier alpha value is -2.23. The number of hydrogen-bond acceptors (Lipinski definition) is 1. The molecule has 0 bridgehead atoms. The fourth-order valence-corrected chi connectivity index (χ4v) is 5.73. The molecule has 4 rings (SSSR count). The number of benzene rings is 2. The Bertz CT molecular complexity index is 967. The van der Waals surface area contributed by atoms with Crippen LogP contribution in [0.2, 0.25) is 0 Å². The predicted molar refractivity (Wildman–Crippen MR) is 128 cm³/mol. The second-order valence-corrected chi connectivity index (χ2v) is 9.86. The van der Waals surface area contributed by atoms with Gasteiger partial charge in [0.25, 0.3) is 0 Å². The van der Waals surface area contributed by atoms with E-state index in [1.54, 1.807) is 24.3 Å². The molecule has 178 valence electrons. The summed E-state index contributed by atoms with van der Waals surface area (Å²) in [5.74, 6) is 0.273. The molecule has 2 aliphatic rings. The van der Waals surface area contributed by atoms with Crippen LogP contribution in [0, 0.1) is 29.3 Å². The zero-order valence-electron chi connectivity index (χ0n) is 19.8. The van der Waals surface area contributed by atoms with Crippen molar-refractivity contribution in [3.63, 3.8) is 0 Å². The van der Waals surface area contributed by atoms with Gasteiger partial charge in [-0.1, -0.05) is 43.7 Å². The molecule has 0 aliphatic heterocycles. The van der Waals surface area contributed by atoms with Crippen molar-refractivity contribution in [2.75, 3.05) is 7.11 Å². The maximum Gasteiger partial charge on any atom is 0.166 e. The highest BCUT2D eigenvalue weighted by Gasteiger charge is 2.26. The summed E-state index contributed by atoms with van der Waals surface area (Å²) in [4.78, 5) is 0. The van der Waals surface area contributed by atoms with E-state index in [0.29, 0.717) is 22.8 Å². The standard InChI is InChI=1S/C29H35F3O/c1-3-19-4-9-22(10-5-19)26-16-14-23(28(31)29(26)32)13-8-20-6-11-21(12-7-20)25-17-15-24(33-2)18-27(25)30/h8,13-22H,3-7,9-12H2,1-2H3. The van der Waals surface area contributed by atoms with Crippen molar-refractivity contribution in [2.45, 2.75) is 76.5 Å². The molecule has 2 saturated carbocycles. The summed E-state index contributed by atoms with van der Waals surface area (Å²) in [6, 6.07) is 8.59. The second-order valence-electron chi connectivity index (χ2n) is 9.86. The molecule has 33 heavy (non-hydrogen) atoms. The van der Waals surface area contributed by atoms with Crippen LogP contribution >= 0.6 is 0 Å². The summed E-state index contributed by atoms with van der Waals surface area (Å²) in [6.45, 7) is 2.20. The number of rotatable bonds is 6. The first kappa shape index (κ1) is 23.9. The van der Waals surface area contributed by atoms with E-state index in [1.165, 1.54) is 19.6 Å². The Balaban J connectivity index is 1.36. The molecule has 2 aromatic carbocycles. The quantitative estimate of drug-likeness (QED) is 0.422. The minimum Gasteiger partial charge on any atom is -0.497 e. The zero-order valence-corrected chi connectivity index (χ0v) is 19.8. The fraction of sp³-hybridized carbons (Fsp3) is 0.517. The van der Waals surface area contributed by atoms with Crippen molar-refractivity contribution in [3.05, 3.63) is 70.5 Å². The highest BCUT2D eigenvalue weighted by Crippen LogP contribution is 2.40. The van der Waals surface area contributed by atoms with Crippen molar-refractivity contribution >= 4 is 6.08 Å². The third kappa shape index (κ3) is 5.47. The van der Waals surface area contributed by atoms with Gasteiger partial charge < -0.3 is 4.74 Å². The predicted octanol–water partition coefficient (Wildman–Crippen LogP) is 8.78. The Morgan fingerprint density at radius 2 is 1.45 bits per heavy atom. The first-order chi connectivity index (χ1) is 16.0. The number of allylic oxidation sites excluding steroid dienone is 1. The van der Waals surface area contributed by atoms with Gasteiger partial charge in [0.1, 0.15) is 11.6 Å². The summed E-state index contributed by atoms with van der Waals surface area (Å²) in [5.41, 5.74) is 1.61. The van der Waals surface area contributed by atoms with Crippen LogP contribution < -0.4 is 4.74 Å². The molecule has 0 N–H and O–H groups in total. The maximum atomic E-state index is 14.9. The summed E-state index contributed by atoms with van der Waals surface area (Å²) < 4.78 is 49.2. The number of halogens is 3. The molecule has 2 aliphatic carbocycles. The summed E-state index contributed by atoms with van der Waals surface area (Å²) >= 11 is 0. The first-order valence-electron chi connectivity index (χ1n) is 12.5. The zero-order chi connectivity index (χ0) is 23.4. The Labute approximate surface area is 196 Å². The average molecular weight is 457 g/mol. The number of hydrogen-bond donors (Lipinski definition) is 0. The highest BCUT2D eigenvalue weighted by atomic mass is 19.2. The molecule has 2 fully saturated rings. The van der Waals surface area contributed by atoms with Crippen LogP contribution in [0.1, 0.15) is 93.2 Å². The molecule has 0 unspecified atom stereocenters. The van der Waals surface area contributed by atoms with Crippen LogP contribution in [0.25, 0.3) is 6.08 Å². The third-order valence-corrected chi connectivity index (χ3v) is 7.97. The van der Waals surface area contributed by atoms with Crippen LogP contribution in [0.4, 0.5) is 13.2 Å². The van der Waals surface area contributed by atoms with Gasteiger partial charge in [0, 0.05) is 11.6 Å². The Morgan fingerprint density at radius 3 is 2.09 bits per heavy atom. The SMILES string of the molecule is CCC1CCC(c2ccc(C=CC3CCC(c4ccc(OC)cc4F)CC3)c(F)c2F)CC1. The van der Waals surface area contributed by atoms with Crippen molar-refractivity contribution in [1.29, 1.82) is 0 Å². The smallest absolute Gasteiger partial charge is 0.166 e. The van der Waals surface area contributed by atoms with Gasteiger partial charge in [-0.3, -0.25) is 0 Å². The van der Waals surface area contributed by atoms with Gasteiger partial charge >= 0.3 is 0 Å². The molecular formula is C29H35F3O. The molecule has 2 aromatic rings. The minimum absolute atomic E-state index is 0.133. The molecule has 0 spiro atoms. The molecule has 0 amide bonds. The highest BCUT2D eigenvalue weighted by molar-refractivity contribution is 5.52. The van der Waals surface area contributed by atoms with Crippen LogP contribution in [-0.2, 0) is 0 Å². The largest absolute Gasteiger partial charge is 0.497 e. The molecule has 0 aromatic heterocycles. The van der Waals surface area contributed by atoms with E-state index in [2.05, 4.69) is 6.92 Å². The summed E-state index contributed by atoms with van der Waals surface area (Å²) in [5, 5.41) is 0. The first-order valence-corrected chi connectivity index (χ1v) is 12.5. The van der Waals surface area contributed by atoms with Gasteiger partial charge in [-0.2, -0.15) is 0 Å². The van der Waals surface area contributed by atoms with Crippen LogP contribution in [0.15, 0.2) is 36.4 Å². The normalized spacial score (nSPS) is 26.0. The molecule has 0 atom stereocenters. The van der Waals surface area contributed by atoms with Crippen molar-refractivity contribution in [3.8, 4) is 5.75 Å². The summed E-state index contributed by atoms with van der Waals surface area (Å²) in [7, 11) is 1.53. The minimum atomic E-state index is -0.727. The maximum absolute atomic E-state index is 14.9. The van der Waals surface area contributed by atoms with Gasteiger partial charge in [-0.25, -0.2) is 13.2 Å². The van der Waals surface area contributed by atoms with E-state index < -0.39 is 11.6 Å². The van der Waals surface area contributed by atoms with Gasteiger partial charge in [-0.05, 0) is 92.2 Å². The Morgan fingerprint density at radius 1 is 0.818 bits per heavy atom. The summed E-state index contributed by atoms with van der Waals surface area (Å²) in [6.07, 6.45) is 12.6. The lowest BCUT2D eigenvalue weighted by atomic mass is 9.77. The van der Waals surface area contributed by atoms with Gasteiger partial charge in [0.2, 0.25) is 0 Å². The lowest BCUT2D eigenvalue weighted by Gasteiger charge is -2.28. The van der Waals surface area contributed by atoms with Gasteiger partial charge in [0.15, 0.2) is 11.6 Å². The van der Waals surface area contributed by atoms with Crippen molar-refractivity contribution in [2.24, 2.45) is 11.8 Å². The van der Waals surface area contributed by atoms with Crippen molar-refractivity contribution in [1.82, 2.24) is 0 Å². The van der Waals surface area contributed by atoms with Gasteiger partial charge in [0.05, 0.1) is 7.11 Å². The molecule has 1 nitrogen and oxygen atoms in total. The lowest BCUT2D eigenvalue weighted by molar-refractivity contribution is 0.312. The van der Waals surface area contributed by atoms with Crippen LogP contribution in [-0.4, -0.2) is 7.11 Å². The lowest BCUT2D eigenvalue weighted by Crippen LogP contribution is -2.14. The second kappa shape index (κ2) is 10.8. The molecule has 4 heteroatoms. The van der Waals surface area contributed by atoms with E-state index >= 15 is 0 Å². The van der Waals surface area contributed by atoms with Gasteiger partial charge in [-0.15, -0.1) is 0 Å². The average Bonchev–Trinajstić information content (AvgIpc) is 2.85. The van der Waals surface area contributed by atoms with E-state index in [-0.39, 0.29) is 17.7 Å². The number of ether oxygens (including phenoxy) is 1. The van der Waals surface area contributed by atoms with E-state index in [9.17, 15) is 13.2 Å². The van der Waals surface area contributed by atoms with Crippen LogP contribution in [0.3, 0.4) is 0 Å². The fourth-order valence-electron chi connectivity index (χ4n) is 5.73. The number of methoxy groups -OCH3 is 1. The van der Waals surface area contributed by atoms with Crippen LogP contribution in [0.5, 0.6) is 5.75 Å². The molecule has 0 heterocycles. The molecule has 0 saturated heterocycles. The molecule has 0 radical (unpaired) electrons. The van der Waals surface area contributed by atoms with Crippen molar-refractivity contribution < 1.29 is 17.9 Å². The van der Waals surface area contributed by atoms with E-state index in [4.69, 9.17) is 4.74 Å². The Kier molecular flexibility index (Phi) is 7.82. The monoisotopic (exact) mass is 456 g/mol. The third-order valence-electron chi connectivity index (χ3n) is 7.97. The van der Waals surface area contributed by atoms with E-state index in [1.807, 2.05) is 12.1 Å². The van der Waals surface area contributed by atoms with E-state index in [0.717, 1.165) is 62.8 Å². The topological polar surface area (TPSA) is 9.23 Å². The molecular weight excluding hydrogens is 421 g/mol.